The SMILES string of the molecule is O=C1C=C(Br)C(=O)C2=C1[C@@H](c1cccc(F)c1O)C1=CC[C@@H]3C(=O)N(O)C(=O)[C@@H]3[C@@H]1C2. The van der Waals surface area contributed by atoms with E-state index in [1.807, 2.05) is 0 Å². The summed E-state index contributed by atoms with van der Waals surface area (Å²) >= 11 is 3.10. The number of para-hydroxylation sites is 1. The number of phenols is 1. The first-order valence-electron chi connectivity index (χ1n) is 9.65. The second-order valence-electron chi connectivity index (χ2n) is 8.06. The van der Waals surface area contributed by atoms with E-state index in [1.54, 1.807) is 6.08 Å². The minimum Gasteiger partial charge on any atom is -0.505 e. The normalized spacial score (nSPS) is 30.1. The third-order valence-electron chi connectivity index (χ3n) is 6.64. The lowest BCUT2D eigenvalue weighted by atomic mass is 9.59. The molecular formula is C22H15BrFNO6. The molecule has 4 atom stereocenters. The quantitative estimate of drug-likeness (QED) is 0.272. The van der Waals surface area contributed by atoms with Crippen LogP contribution >= 0.6 is 15.9 Å². The molecule has 1 aromatic rings. The Morgan fingerprint density at radius 2 is 1.84 bits per heavy atom. The fourth-order valence-electron chi connectivity index (χ4n) is 5.31. The zero-order valence-corrected chi connectivity index (χ0v) is 17.4. The lowest BCUT2D eigenvalue weighted by molar-refractivity contribution is -0.173. The Kier molecular flexibility index (Phi) is 4.39. The molecule has 0 spiro atoms. The van der Waals surface area contributed by atoms with Gasteiger partial charge in [0.15, 0.2) is 23.1 Å². The van der Waals surface area contributed by atoms with Gasteiger partial charge in [-0.2, -0.15) is 5.06 Å². The molecule has 1 heterocycles. The van der Waals surface area contributed by atoms with E-state index < -0.39 is 58.6 Å². The zero-order chi connectivity index (χ0) is 22.2. The van der Waals surface area contributed by atoms with Crippen molar-refractivity contribution in [1.29, 1.82) is 0 Å². The summed E-state index contributed by atoms with van der Waals surface area (Å²) in [6.45, 7) is 0. The molecule has 4 aliphatic rings. The number of hydroxylamine groups is 2. The molecule has 0 aromatic heterocycles. The van der Waals surface area contributed by atoms with Crippen molar-refractivity contribution in [2.75, 3.05) is 0 Å². The first-order chi connectivity index (χ1) is 14.7. The minimum absolute atomic E-state index is 0.0231. The maximum absolute atomic E-state index is 14.2. The number of ketones is 2. The molecule has 1 aromatic carbocycles. The smallest absolute Gasteiger partial charge is 0.257 e. The Morgan fingerprint density at radius 3 is 2.58 bits per heavy atom. The molecule has 0 saturated carbocycles. The van der Waals surface area contributed by atoms with Crippen LogP contribution in [0.2, 0.25) is 0 Å². The largest absolute Gasteiger partial charge is 0.505 e. The summed E-state index contributed by atoms with van der Waals surface area (Å²) in [5.74, 6) is -7.17. The fourth-order valence-corrected chi connectivity index (χ4v) is 5.76. The van der Waals surface area contributed by atoms with Crippen molar-refractivity contribution in [2.45, 2.75) is 18.8 Å². The van der Waals surface area contributed by atoms with Gasteiger partial charge in [-0.15, -0.1) is 0 Å². The van der Waals surface area contributed by atoms with Crippen molar-refractivity contribution in [1.82, 2.24) is 5.06 Å². The highest BCUT2D eigenvalue weighted by atomic mass is 79.9. The third kappa shape index (κ3) is 2.66. The monoisotopic (exact) mass is 487 g/mol. The number of Topliss-reactive ketones (excluding diaryl/α,β-unsaturated/α-hetero) is 1. The number of hydrogen-bond acceptors (Lipinski definition) is 6. The number of carbonyl (C=O) groups excluding carboxylic acids is 4. The van der Waals surface area contributed by atoms with Crippen molar-refractivity contribution in [2.24, 2.45) is 17.8 Å². The average molecular weight is 488 g/mol. The Bertz CT molecular complexity index is 1200. The van der Waals surface area contributed by atoms with Gasteiger partial charge in [0, 0.05) is 28.7 Å². The third-order valence-corrected chi connectivity index (χ3v) is 7.23. The predicted molar refractivity (Wildman–Crippen MR) is 106 cm³/mol. The molecule has 0 bridgehead atoms. The maximum atomic E-state index is 14.2. The molecule has 3 aliphatic carbocycles. The Labute approximate surface area is 183 Å². The zero-order valence-electron chi connectivity index (χ0n) is 15.8. The minimum atomic E-state index is -0.950. The Morgan fingerprint density at radius 1 is 1.10 bits per heavy atom. The molecule has 1 fully saturated rings. The number of phenolic OH excluding ortho intramolecular Hbond substituents is 1. The van der Waals surface area contributed by atoms with Crippen molar-refractivity contribution in [3.05, 3.63) is 62.9 Å². The van der Waals surface area contributed by atoms with Crippen LogP contribution in [0.25, 0.3) is 0 Å². The van der Waals surface area contributed by atoms with E-state index in [-0.39, 0.29) is 39.1 Å². The molecule has 1 aliphatic heterocycles. The lowest BCUT2D eigenvalue weighted by Crippen LogP contribution is -2.39. The summed E-state index contributed by atoms with van der Waals surface area (Å²) in [5, 5.41) is 20.5. The highest BCUT2D eigenvalue weighted by Crippen LogP contribution is 2.56. The molecule has 7 nitrogen and oxygen atoms in total. The number of halogens is 2. The summed E-state index contributed by atoms with van der Waals surface area (Å²) in [6, 6.07) is 3.93. The summed E-state index contributed by atoms with van der Waals surface area (Å²) in [5.41, 5.74) is 0.956. The number of carbonyl (C=O) groups is 4. The number of amides is 2. The first kappa shape index (κ1) is 20.0. The van der Waals surface area contributed by atoms with Crippen LogP contribution in [0.3, 0.4) is 0 Å². The molecule has 2 amide bonds. The highest BCUT2D eigenvalue weighted by molar-refractivity contribution is 9.12. The molecular weight excluding hydrogens is 473 g/mol. The standard InChI is InChI=1S/C22H15BrFNO6/c23-13-7-15(26)18-12(19(13)27)6-11-8(16(18)9-2-1-3-14(24)20(9)28)4-5-10-17(11)22(30)25(31)21(10)29/h1-4,7,10-11,16-17,28,31H,5-6H2/t10-,11+,16+,17-/m0/s1. The number of imide groups is 1. The summed E-state index contributed by atoms with van der Waals surface area (Å²) in [4.78, 5) is 50.8. The van der Waals surface area contributed by atoms with E-state index in [1.165, 1.54) is 12.1 Å². The molecule has 158 valence electrons. The van der Waals surface area contributed by atoms with Crippen LogP contribution in [-0.4, -0.2) is 38.8 Å². The molecule has 9 heteroatoms. The van der Waals surface area contributed by atoms with Crippen LogP contribution in [0, 0.1) is 23.6 Å². The number of benzene rings is 1. The summed E-state index contributed by atoms with van der Waals surface area (Å²) < 4.78 is 14.3. The number of aromatic hydroxyl groups is 1. The molecule has 0 unspecified atom stereocenters. The van der Waals surface area contributed by atoms with E-state index in [0.29, 0.717) is 5.57 Å². The van der Waals surface area contributed by atoms with Gasteiger partial charge in [-0.1, -0.05) is 23.8 Å². The number of allylic oxidation sites excluding steroid dienone is 6. The highest BCUT2D eigenvalue weighted by Gasteiger charge is 2.56. The van der Waals surface area contributed by atoms with Gasteiger partial charge in [0.05, 0.1) is 16.3 Å². The van der Waals surface area contributed by atoms with Gasteiger partial charge in [0.2, 0.25) is 0 Å². The van der Waals surface area contributed by atoms with Crippen molar-refractivity contribution in [3.63, 3.8) is 0 Å². The van der Waals surface area contributed by atoms with Crippen LogP contribution in [-0.2, 0) is 19.2 Å². The van der Waals surface area contributed by atoms with Crippen LogP contribution in [0.5, 0.6) is 5.75 Å². The van der Waals surface area contributed by atoms with E-state index in [4.69, 9.17) is 0 Å². The maximum Gasteiger partial charge on any atom is 0.257 e. The number of hydrogen-bond donors (Lipinski definition) is 2. The van der Waals surface area contributed by atoms with Crippen LogP contribution in [0.1, 0.15) is 24.3 Å². The van der Waals surface area contributed by atoms with E-state index in [0.717, 1.165) is 12.1 Å². The van der Waals surface area contributed by atoms with Gasteiger partial charge in [0.1, 0.15) is 0 Å². The predicted octanol–water partition coefficient (Wildman–Crippen LogP) is 2.68. The Hall–Kier alpha value is -2.91. The number of rotatable bonds is 1. The van der Waals surface area contributed by atoms with Gasteiger partial charge in [-0.25, -0.2) is 4.39 Å². The second-order valence-corrected chi connectivity index (χ2v) is 8.91. The molecule has 0 radical (unpaired) electrons. The van der Waals surface area contributed by atoms with Crippen LogP contribution < -0.4 is 0 Å². The summed E-state index contributed by atoms with van der Waals surface area (Å²) in [6.07, 6.45) is 3.03. The lowest BCUT2D eigenvalue weighted by Gasteiger charge is -2.42. The number of fused-ring (bicyclic) bond motifs is 3. The second kappa shape index (κ2) is 6.80. The molecule has 31 heavy (non-hydrogen) atoms. The molecule has 1 saturated heterocycles. The van der Waals surface area contributed by atoms with Crippen LogP contribution in [0.15, 0.2) is 51.6 Å². The van der Waals surface area contributed by atoms with E-state index >= 15 is 0 Å². The average Bonchev–Trinajstić information content (AvgIpc) is 2.97. The van der Waals surface area contributed by atoms with Gasteiger partial charge < -0.3 is 5.11 Å². The van der Waals surface area contributed by atoms with Crippen LogP contribution in [0.4, 0.5) is 4.39 Å². The summed E-state index contributed by atoms with van der Waals surface area (Å²) in [7, 11) is 0. The van der Waals surface area contributed by atoms with Crippen molar-refractivity contribution in [3.8, 4) is 5.75 Å². The van der Waals surface area contributed by atoms with Gasteiger partial charge in [-0.3, -0.25) is 24.4 Å². The van der Waals surface area contributed by atoms with Crippen molar-refractivity contribution >= 4 is 39.3 Å². The first-order valence-corrected chi connectivity index (χ1v) is 10.4. The topological polar surface area (TPSA) is 112 Å². The van der Waals surface area contributed by atoms with E-state index in [9.17, 15) is 33.9 Å². The molecule has 5 rings (SSSR count). The van der Waals surface area contributed by atoms with Gasteiger partial charge >= 0.3 is 0 Å². The molecule has 2 N–H and O–H groups in total. The van der Waals surface area contributed by atoms with E-state index in [2.05, 4.69) is 15.9 Å². The van der Waals surface area contributed by atoms with Gasteiger partial charge in [-0.05, 0) is 40.8 Å². The van der Waals surface area contributed by atoms with Gasteiger partial charge in [0.25, 0.3) is 11.8 Å². The van der Waals surface area contributed by atoms with Crippen molar-refractivity contribution < 1.29 is 33.9 Å². The number of nitrogens with zero attached hydrogens (tertiary/aromatic N) is 1. The Balaban J connectivity index is 1.75. The fraction of sp³-hybridized carbons (Fsp3) is 0.273.